The molecule has 2 aromatic rings. The van der Waals surface area contributed by atoms with Crippen molar-refractivity contribution in [2.75, 3.05) is 4.72 Å². The van der Waals surface area contributed by atoms with E-state index < -0.39 is 10.0 Å². The van der Waals surface area contributed by atoms with Gasteiger partial charge < -0.3 is 4.98 Å². The zero-order valence-corrected chi connectivity index (χ0v) is 10.4. The van der Waals surface area contributed by atoms with Crippen molar-refractivity contribution in [3.05, 3.63) is 22.6 Å². The molecule has 6 nitrogen and oxygen atoms in total. The van der Waals surface area contributed by atoms with Crippen molar-refractivity contribution in [1.82, 2.24) is 15.0 Å². The first-order chi connectivity index (χ1) is 7.49. The zero-order valence-electron chi connectivity index (χ0n) is 8.06. The van der Waals surface area contributed by atoms with Gasteiger partial charge in [0.25, 0.3) is 10.0 Å². The first kappa shape index (κ1) is 11.4. The Balaban J connectivity index is 2.36. The lowest BCUT2D eigenvalue weighted by molar-refractivity contribution is 0.602. The van der Waals surface area contributed by atoms with Gasteiger partial charge in [0.15, 0.2) is 8.68 Å². The van der Waals surface area contributed by atoms with Gasteiger partial charge in [-0.15, -0.1) is 0 Å². The maximum Gasteiger partial charge on any atom is 0.275 e. The summed E-state index contributed by atoms with van der Waals surface area (Å²) < 4.78 is 26.3. The van der Waals surface area contributed by atoms with Gasteiger partial charge in [-0.05, 0) is 6.92 Å². The molecule has 0 aliphatic heterocycles. The third-order valence-corrected chi connectivity index (χ3v) is 4.91. The molecule has 86 valence electrons. The molecule has 9 heteroatoms. The Kier molecular flexibility index (Phi) is 2.87. The van der Waals surface area contributed by atoms with Crippen LogP contribution in [0.5, 0.6) is 0 Å². The van der Waals surface area contributed by atoms with Crippen molar-refractivity contribution in [1.29, 1.82) is 0 Å². The van der Waals surface area contributed by atoms with Crippen LogP contribution in [0.25, 0.3) is 0 Å². The molecule has 0 spiro atoms. The van der Waals surface area contributed by atoms with Crippen molar-refractivity contribution in [2.24, 2.45) is 0 Å². The average Bonchev–Trinajstić information content (AvgIpc) is 2.75. The number of imidazole rings is 1. The van der Waals surface area contributed by atoms with Gasteiger partial charge in [-0.2, -0.15) is 0 Å². The van der Waals surface area contributed by atoms with Gasteiger partial charge in [0, 0.05) is 12.4 Å². The van der Waals surface area contributed by atoms with E-state index in [1.807, 2.05) is 0 Å². The largest absolute Gasteiger partial charge is 0.330 e. The molecule has 2 heterocycles. The van der Waals surface area contributed by atoms with Gasteiger partial charge in [0.2, 0.25) is 5.95 Å². The van der Waals surface area contributed by atoms with E-state index in [0.29, 0.717) is 5.69 Å². The molecule has 2 N–H and O–H groups in total. The van der Waals surface area contributed by atoms with E-state index in [4.69, 9.17) is 11.6 Å². The Morgan fingerprint density at radius 2 is 2.31 bits per heavy atom. The second kappa shape index (κ2) is 4.04. The van der Waals surface area contributed by atoms with Crippen molar-refractivity contribution in [2.45, 2.75) is 11.1 Å². The molecule has 0 bridgehead atoms. The number of nitrogens with zero attached hydrogens (tertiary/aromatic N) is 2. The molecule has 0 saturated heterocycles. The number of hydrogen-bond acceptors (Lipinski definition) is 5. The van der Waals surface area contributed by atoms with Crippen LogP contribution in [0.2, 0.25) is 4.47 Å². The summed E-state index contributed by atoms with van der Waals surface area (Å²) in [6.45, 7) is 1.58. The van der Waals surface area contributed by atoms with Crippen LogP contribution >= 0.6 is 22.9 Å². The predicted molar refractivity (Wildman–Crippen MR) is 61.3 cm³/mol. The second-order valence-corrected chi connectivity index (χ2v) is 6.34. The summed E-state index contributed by atoms with van der Waals surface area (Å²) in [5, 5.41) is 0. The highest BCUT2D eigenvalue weighted by atomic mass is 35.5. The molecule has 0 aliphatic rings. The molecule has 0 unspecified atom stereocenters. The van der Waals surface area contributed by atoms with Crippen LogP contribution < -0.4 is 4.72 Å². The van der Waals surface area contributed by atoms with E-state index >= 15 is 0 Å². The third-order valence-electron chi connectivity index (χ3n) is 1.70. The number of aryl methyl sites for hydroxylation is 1. The van der Waals surface area contributed by atoms with Gasteiger partial charge >= 0.3 is 0 Å². The third kappa shape index (κ3) is 2.18. The number of sulfonamides is 1. The number of nitrogens with one attached hydrogen (secondary N) is 2. The van der Waals surface area contributed by atoms with Gasteiger partial charge in [-0.3, -0.25) is 0 Å². The molecule has 0 radical (unpaired) electrons. The molecule has 0 aliphatic carbocycles. The SMILES string of the molecule is Cc1nc(Cl)sc1S(=O)(=O)Nc1ncc[nH]1. The number of hydrogen-bond donors (Lipinski definition) is 2. The van der Waals surface area contributed by atoms with Crippen molar-refractivity contribution < 1.29 is 8.42 Å². The van der Waals surface area contributed by atoms with Gasteiger partial charge in [-0.1, -0.05) is 22.9 Å². The van der Waals surface area contributed by atoms with E-state index in [0.717, 1.165) is 11.3 Å². The van der Waals surface area contributed by atoms with Gasteiger partial charge in [0.05, 0.1) is 5.69 Å². The summed E-state index contributed by atoms with van der Waals surface area (Å²) in [7, 11) is -3.67. The summed E-state index contributed by atoms with van der Waals surface area (Å²) in [4.78, 5) is 10.2. The molecule has 2 aromatic heterocycles. The Morgan fingerprint density at radius 1 is 1.56 bits per heavy atom. The van der Waals surface area contributed by atoms with Gasteiger partial charge in [-0.25, -0.2) is 23.1 Å². The fraction of sp³-hybridized carbons (Fsp3) is 0.143. The molecule has 0 aromatic carbocycles. The molecular weight excluding hydrogens is 272 g/mol. The van der Waals surface area contributed by atoms with E-state index in [2.05, 4.69) is 19.7 Å². The van der Waals surface area contributed by atoms with E-state index in [-0.39, 0.29) is 14.6 Å². The first-order valence-electron chi connectivity index (χ1n) is 4.14. The predicted octanol–water partition coefficient (Wildman–Crippen LogP) is 1.63. The molecule has 0 fully saturated rings. The smallest absolute Gasteiger partial charge is 0.275 e. The number of rotatable bonds is 3. The summed E-state index contributed by atoms with van der Waals surface area (Å²) in [6.07, 6.45) is 2.97. The highest BCUT2D eigenvalue weighted by Crippen LogP contribution is 2.27. The zero-order chi connectivity index (χ0) is 11.8. The number of H-pyrrole nitrogens is 1. The molecule has 16 heavy (non-hydrogen) atoms. The van der Waals surface area contributed by atoms with Crippen LogP contribution in [0.4, 0.5) is 5.95 Å². The van der Waals surface area contributed by atoms with E-state index in [1.54, 1.807) is 6.92 Å². The normalized spacial score (nSPS) is 11.6. The molecule has 0 atom stereocenters. The summed E-state index contributed by atoms with van der Waals surface area (Å²) in [5.74, 6) is 0.156. The van der Waals surface area contributed by atoms with E-state index in [9.17, 15) is 8.42 Å². The number of aromatic amines is 1. The monoisotopic (exact) mass is 278 g/mol. The van der Waals surface area contributed by atoms with Crippen LogP contribution in [0, 0.1) is 6.92 Å². The molecule has 0 amide bonds. The molecular formula is C7H7ClN4O2S2. The molecule has 0 saturated carbocycles. The summed E-state index contributed by atoms with van der Waals surface area (Å²) in [5.41, 5.74) is 0.369. The summed E-state index contributed by atoms with van der Waals surface area (Å²) >= 11 is 6.55. The minimum atomic E-state index is -3.67. The minimum Gasteiger partial charge on any atom is -0.330 e. The standard InChI is InChI=1S/C7H7ClN4O2S2/c1-4-5(15-6(8)11-4)16(13,14)12-7-9-2-3-10-7/h2-3H,1H3,(H2,9,10,12). The topological polar surface area (TPSA) is 87.7 Å². The average molecular weight is 279 g/mol. The van der Waals surface area contributed by atoms with Crippen LogP contribution in [-0.4, -0.2) is 23.4 Å². The highest BCUT2D eigenvalue weighted by molar-refractivity contribution is 7.94. The molecule has 2 rings (SSSR count). The quantitative estimate of drug-likeness (QED) is 0.893. The number of thiazole rings is 1. The van der Waals surface area contributed by atoms with Crippen LogP contribution in [-0.2, 0) is 10.0 Å². The number of anilines is 1. The van der Waals surface area contributed by atoms with E-state index in [1.165, 1.54) is 12.4 Å². The Bertz CT molecular complexity index is 590. The number of halogens is 1. The van der Waals surface area contributed by atoms with Crippen LogP contribution in [0.3, 0.4) is 0 Å². The maximum absolute atomic E-state index is 11.9. The maximum atomic E-state index is 11.9. The van der Waals surface area contributed by atoms with Crippen LogP contribution in [0.1, 0.15) is 5.69 Å². The fourth-order valence-electron chi connectivity index (χ4n) is 1.09. The first-order valence-corrected chi connectivity index (χ1v) is 6.82. The fourth-order valence-corrected chi connectivity index (χ4v) is 3.81. The van der Waals surface area contributed by atoms with Crippen LogP contribution in [0.15, 0.2) is 16.6 Å². The highest BCUT2D eigenvalue weighted by Gasteiger charge is 2.22. The summed E-state index contributed by atoms with van der Waals surface area (Å²) in [6, 6.07) is 0. The van der Waals surface area contributed by atoms with Crippen molar-refractivity contribution in [3.8, 4) is 0 Å². The second-order valence-electron chi connectivity index (χ2n) is 2.88. The number of aromatic nitrogens is 3. The Labute approximate surface area is 101 Å². The Morgan fingerprint density at radius 3 is 2.81 bits per heavy atom. The Hall–Kier alpha value is -1.12. The lowest BCUT2D eigenvalue weighted by Crippen LogP contribution is -2.13. The van der Waals surface area contributed by atoms with Crippen molar-refractivity contribution in [3.63, 3.8) is 0 Å². The lowest BCUT2D eigenvalue weighted by Gasteiger charge is -2.02. The van der Waals surface area contributed by atoms with Gasteiger partial charge in [0.1, 0.15) is 0 Å². The minimum absolute atomic E-state index is 0.0916. The van der Waals surface area contributed by atoms with Crippen molar-refractivity contribution >= 4 is 38.9 Å². The lowest BCUT2D eigenvalue weighted by atomic mass is 10.6.